The lowest BCUT2D eigenvalue weighted by atomic mass is 10.1. The van der Waals surface area contributed by atoms with Crippen LogP contribution in [0.5, 0.6) is 5.75 Å². The van der Waals surface area contributed by atoms with Gasteiger partial charge in [-0.25, -0.2) is 0 Å². The molecule has 1 aliphatic heterocycles. The number of hydrogen-bond acceptors (Lipinski definition) is 4. The summed E-state index contributed by atoms with van der Waals surface area (Å²) in [5.41, 5.74) is 0. The molecule has 1 fully saturated rings. The number of hydrogen-bond donors (Lipinski definition) is 0. The summed E-state index contributed by atoms with van der Waals surface area (Å²) in [4.78, 5) is 18.0. The Bertz CT molecular complexity index is 554. The molecule has 5 nitrogen and oxygen atoms in total. The van der Waals surface area contributed by atoms with Crippen molar-refractivity contribution in [2.45, 2.75) is 18.9 Å². The van der Waals surface area contributed by atoms with Gasteiger partial charge in [0.1, 0.15) is 11.9 Å². The van der Waals surface area contributed by atoms with E-state index in [2.05, 4.69) is 4.98 Å². The fraction of sp³-hybridized carbons (Fsp3) is 0.333. The summed E-state index contributed by atoms with van der Waals surface area (Å²) >= 11 is 0. The molecular formula is C15H16N2O3. The first-order valence-corrected chi connectivity index (χ1v) is 6.72. The van der Waals surface area contributed by atoms with Gasteiger partial charge in [-0.05, 0) is 37.1 Å². The van der Waals surface area contributed by atoms with Gasteiger partial charge in [0.05, 0.1) is 12.8 Å². The molecule has 0 unspecified atom stereocenters. The number of furan rings is 1. The molecule has 1 atom stereocenters. The third-order valence-electron chi connectivity index (χ3n) is 3.35. The minimum atomic E-state index is -0.0713. The van der Waals surface area contributed by atoms with Crippen LogP contribution >= 0.6 is 0 Å². The Morgan fingerprint density at radius 1 is 1.35 bits per heavy atom. The van der Waals surface area contributed by atoms with E-state index in [1.807, 2.05) is 12.1 Å². The van der Waals surface area contributed by atoms with Crippen molar-refractivity contribution in [1.29, 1.82) is 0 Å². The summed E-state index contributed by atoms with van der Waals surface area (Å²) in [6.07, 6.45) is 6.81. The molecular weight excluding hydrogens is 256 g/mol. The number of carbonyl (C=O) groups is 1. The summed E-state index contributed by atoms with van der Waals surface area (Å²) in [5, 5.41) is 0. The third kappa shape index (κ3) is 2.82. The highest BCUT2D eigenvalue weighted by Crippen LogP contribution is 2.19. The summed E-state index contributed by atoms with van der Waals surface area (Å²) in [6, 6.07) is 7.07. The number of pyridine rings is 1. The molecule has 2 aromatic rings. The Hall–Kier alpha value is -2.30. The number of piperidine rings is 1. The number of rotatable bonds is 3. The maximum absolute atomic E-state index is 12.2. The van der Waals surface area contributed by atoms with E-state index in [4.69, 9.17) is 9.15 Å². The topological polar surface area (TPSA) is 55.6 Å². The van der Waals surface area contributed by atoms with Gasteiger partial charge in [-0.15, -0.1) is 0 Å². The molecule has 2 aromatic heterocycles. The summed E-state index contributed by atoms with van der Waals surface area (Å²) in [5.74, 6) is 1.10. The first-order chi connectivity index (χ1) is 9.83. The minimum absolute atomic E-state index is 0.0186. The van der Waals surface area contributed by atoms with E-state index >= 15 is 0 Å². The third-order valence-corrected chi connectivity index (χ3v) is 3.35. The van der Waals surface area contributed by atoms with E-state index in [-0.39, 0.29) is 12.0 Å². The molecule has 20 heavy (non-hydrogen) atoms. The Morgan fingerprint density at radius 2 is 2.20 bits per heavy atom. The number of nitrogens with zero attached hydrogens (tertiary/aromatic N) is 2. The van der Waals surface area contributed by atoms with Crippen LogP contribution in [0.25, 0.3) is 0 Å². The Kier molecular flexibility index (Phi) is 3.67. The highest BCUT2D eigenvalue weighted by Gasteiger charge is 2.26. The molecule has 1 aliphatic rings. The van der Waals surface area contributed by atoms with Crippen molar-refractivity contribution >= 4 is 5.91 Å². The summed E-state index contributed by atoms with van der Waals surface area (Å²) in [7, 11) is 0. The van der Waals surface area contributed by atoms with Gasteiger partial charge in [0.15, 0.2) is 5.76 Å². The molecule has 0 N–H and O–H groups in total. The second kappa shape index (κ2) is 5.77. The van der Waals surface area contributed by atoms with Crippen LogP contribution in [0.2, 0.25) is 0 Å². The maximum Gasteiger partial charge on any atom is 0.289 e. The van der Waals surface area contributed by atoms with Crippen LogP contribution in [-0.2, 0) is 0 Å². The zero-order valence-electron chi connectivity index (χ0n) is 11.1. The van der Waals surface area contributed by atoms with Gasteiger partial charge in [0.25, 0.3) is 5.91 Å². The number of ether oxygens (including phenoxy) is 1. The molecule has 104 valence electrons. The van der Waals surface area contributed by atoms with Gasteiger partial charge < -0.3 is 14.1 Å². The zero-order chi connectivity index (χ0) is 13.8. The largest absolute Gasteiger partial charge is 0.488 e. The molecule has 0 radical (unpaired) electrons. The number of carbonyl (C=O) groups excluding carboxylic acids is 1. The Labute approximate surface area is 117 Å². The van der Waals surface area contributed by atoms with Crippen molar-refractivity contribution in [1.82, 2.24) is 9.88 Å². The Balaban J connectivity index is 1.63. The van der Waals surface area contributed by atoms with Gasteiger partial charge in [0.2, 0.25) is 0 Å². The van der Waals surface area contributed by atoms with E-state index in [1.165, 1.54) is 6.26 Å². The van der Waals surface area contributed by atoms with E-state index in [9.17, 15) is 4.79 Å². The van der Waals surface area contributed by atoms with Gasteiger partial charge >= 0.3 is 0 Å². The van der Waals surface area contributed by atoms with Gasteiger partial charge in [0, 0.05) is 18.9 Å². The number of aromatic nitrogens is 1. The van der Waals surface area contributed by atoms with Crippen LogP contribution in [0.1, 0.15) is 23.4 Å². The molecule has 0 aliphatic carbocycles. The quantitative estimate of drug-likeness (QED) is 0.860. The van der Waals surface area contributed by atoms with E-state index < -0.39 is 0 Å². The Morgan fingerprint density at radius 3 is 2.95 bits per heavy atom. The average Bonchev–Trinajstić information content (AvgIpc) is 3.02. The molecule has 0 spiro atoms. The van der Waals surface area contributed by atoms with Crippen molar-refractivity contribution in [3.05, 3.63) is 48.7 Å². The summed E-state index contributed by atoms with van der Waals surface area (Å²) < 4.78 is 11.1. The predicted molar refractivity (Wildman–Crippen MR) is 72.5 cm³/mol. The van der Waals surface area contributed by atoms with Crippen molar-refractivity contribution in [3.8, 4) is 5.75 Å². The molecule has 3 heterocycles. The van der Waals surface area contributed by atoms with Crippen LogP contribution < -0.4 is 4.74 Å². The average molecular weight is 272 g/mol. The predicted octanol–water partition coefficient (Wildman–Crippen LogP) is 2.36. The molecule has 0 saturated carbocycles. The normalized spacial score (nSPS) is 18.8. The molecule has 1 saturated heterocycles. The zero-order valence-corrected chi connectivity index (χ0v) is 11.1. The maximum atomic E-state index is 12.2. The molecule has 0 bridgehead atoms. The van der Waals surface area contributed by atoms with Crippen molar-refractivity contribution in [2.24, 2.45) is 0 Å². The van der Waals surface area contributed by atoms with E-state index in [1.54, 1.807) is 29.4 Å². The van der Waals surface area contributed by atoms with Crippen LogP contribution in [0.3, 0.4) is 0 Å². The van der Waals surface area contributed by atoms with Crippen molar-refractivity contribution < 1.29 is 13.9 Å². The van der Waals surface area contributed by atoms with Crippen LogP contribution in [0, 0.1) is 0 Å². The smallest absolute Gasteiger partial charge is 0.289 e. The lowest BCUT2D eigenvalue weighted by Crippen LogP contribution is -2.44. The molecule has 3 rings (SSSR count). The number of likely N-dealkylation sites (tertiary alicyclic amines) is 1. The van der Waals surface area contributed by atoms with Crippen molar-refractivity contribution in [3.63, 3.8) is 0 Å². The highest BCUT2D eigenvalue weighted by atomic mass is 16.5. The second-order valence-corrected chi connectivity index (χ2v) is 4.79. The minimum Gasteiger partial charge on any atom is -0.488 e. The van der Waals surface area contributed by atoms with Crippen LogP contribution in [-0.4, -0.2) is 35.0 Å². The fourth-order valence-electron chi connectivity index (χ4n) is 2.38. The van der Waals surface area contributed by atoms with Gasteiger partial charge in [-0.3, -0.25) is 9.78 Å². The van der Waals surface area contributed by atoms with E-state index in [0.29, 0.717) is 12.3 Å². The van der Waals surface area contributed by atoms with E-state index in [0.717, 1.165) is 25.1 Å². The number of amides is 1. The monoisotopic (exact) mass is 272 g/mol. The molecule has 5 heteroatoms. The first kappa shape index (κ1) is 12.7. The van der Waals surface area contributed by atoms with Gasteiger partial charge in [-0.2, -0.15) is 0 Å². The first-order valence-electron chi connectivity index (χ1n) is 6.72. The molecule has 0 aromatic carbocycles. The fourth-order valence-corrected chi connectivity index (χ4v) is 2.38. The van der Waals surface area contributed by atoms with Gasteiger partial charge in [-0.1, -0.05) is 0 Å². The SMILES string of the molecule is O=C(c1ccco1)N1CCC[C@@H](Oc2ccncc2)C1. The standard InChI is InChI=1S/C15H16N2O3/c18-15(14-4-2-10-19-14)17-9-1-3-13(11-17)20-12-5-7-16-8-6-12/h2,4-8,10,13H,1,3,9,11H2/t13-/m1/s1. The lowest BCUT2D eigenvalue weighted by molar-refractivity contribution is 0.0510. The summed E-state index contributed by atoms with van der Waals surface area (Å²) in [6.45, 7) is 1.33. The molecule has 1 amide bonds. The second-order valence-electron chi connectivity index (χ2n) is 4.79. The van der Waals surface area contributed by atoms with Crippen molar-refractivity contribution in [2.75, 3.05) is 13.1 Å². The van der Waals surface area contributed by atoms with Crippen LogP contribution in [0.4, 0.5) is 0 Å². The lowest BCUT2D eigenvalue weighted by Gasteiger charge is -2.32. The highest BCUT2D eigenvalue weighted by molar-refractivity contribution is 5.91. The van der Waals surface area contributed by atoms with Crippen LogP contribution in [0.15, 0.2) is 47.3 Å².